The zero-order chi connectivity index (χ0) is 10.7. The summed E-state index contributed by atoms with van der Waals surface area (Å²) in [5.41, 5.74) is 0.905. The van der Waals surface area contributed by atoms with Crippen molar-refractivity contribution in [3.63, 3.8) is 0 Å². The van der Waals surface area contributed by atoms with Gasteiger partial charge in [0, 0.05) is 6.61 Å². The summed E-state index contributed by atoms with van der Waals surface area (Å²) in [5, 5.41) is 20.7. The molecule has 2 rings (SSSR count). The van der Waals surface area contributed by atoms with Crippen molar-refractivity contribution >= 4 is 10.8 Å². The van der Waals surface area contributed by atoms with E-state index in [9.17, 15) is 5.11 Å². The van der Waals surface area contributed by atoms with E-state index in [-0.39, 0.29) is 6.61 Å². The predicted octanol–water partition coefficient (Wildman–Crippen LogP) is 2.47. The van der Waals surface area contributed by atoms with Crippen LogP contribution < -0.4 is 0 Å². The minimum atomic E-state index is 0.159. The van der Waals surface area contributed by atoms with Gasteiger partial charge in [-0.05, 0) is 41.3 Å². The van der Waals surface area contributed by atoms with Crippen LogP contribution in [0.4, 0.5) is 0 Å². The average Bonchev–Trinajstić information content (AvgIpc) is 2.26. The lowest BCUT2D eigenvalue weighted by atomic mass is 10.0. The number of benzene rings is 2. The van der Waals surface area contributed by atoms with Gasteiger partial charge in [0.25, 0.3) is 0 Å². The fraction of sp³-hybridized carbons (Fsp3) is 0.231. The third-order valence-corrected chi connectivity index (χ3v) is 2.55. The standard InChI is InChI=1S/C13H14O2/c14-7-3-6-12-8-10-4-1-2-5-11(10)9-13(12)15/h1-2,4-5,8-9,14-15H,3,6-7H2. The fourth-order valence-corrected chi connectivity index (χ4v) is 1.75. The molecule has 2 aromatic carbocycles. The highest BCUT2D eigenvalue weighted by Crippen LogP contribution is 2.25. The Hall–Kier alpha value is -1.54. The van der Waals surface area contributed by atoms with Crippen molar-refractivity contribution in [2.24, 2.45) is 0 Å². The highest BCUT2D eigenvalue weighted by molar-refractivity contribution is 5.84. The summed E-state index contributed by atoms with van der Waals surface area (Å²) in [6.45, 7) is 0.159. The van der Waals surface area contributed by atoms with Crippen molar-refractivity contribution in [2.45, 2.75) is 12.8 Å². The van der Waals surface area contributed by atoms with Crippen molar-refractivity contribution in [3.05, 3.63) is 42.0 Å². The van der Waals surface area contributed by atoms with Crippen LogP contribution in [0.15, 0.2) is 36.4 Å². The number of aliphatic hydroxyl groups is 1. The van der Waals surface area contributed by atoms with Gasteiger partial charge in [-0.2, -0.15) is 0 Å². The van der Waals surface area contributed by atoms with E-state index in [2.05, 4.69) is 0 Å². The van der Waals surface area contributed by atoms with Gasteiger partial charge in [0.05, 0.1) is 0 Å². The molecule has 2 heteroatoms. The molecule has 0 unspecified atom stereocenters. The van der Waals surface area contributed by atoms with E-state index in [4.69, 9.17) is 5.11 Å². The molecule has 2 N–H and O–H groups in total. The third kappa shape index (κ3) is 2.10. The monoisotopic (exact) mass is 202 g/mol. The van der Waals surface area contributed by atoms with Gasteiger partial charge in [0.15, 0.2) is 0 Å². The molecule has 0 radical (unpaired) electrons. The van der Waals surface area contributed by atoms with E-state index in [1.54, 1.807) is 6.07 Å². The number of hydrogen-bond acceptors (Lipinski definition) is 2. The summed E-state index contributed by atoms with van der Waals surface area (Å²) < 4.78 is 0. The highest BCUT2D eigenvalue weighted by Gasteiger charge is 2.02. The van der Waals surface area contributed by atoms with Gasteiger partial charge < -0.3 is 10.2 Å². The van der Waals surface area contributed by atoms with Crippen LogP contribution in [0.5, 0.6) is 5.75 Å². The second-order valence-electron chi connectivity index (χ2n) is 3.66. The number of aryl methyl sites for hydroxylation is 1. The molecule has 78 valence electrons. The van der Waals surface area contributed by atoms with Crippen LogP contribution in [0.2, 0.25) is 0 Å². The quantitative estimate of drug-likeness (QED) is 0.802. The molecule has 0 amide bonds. The maximum absolute atomic E-state index is 9.75. The summed E-state index contributed by atoms with van der Waals surface area (Å²) in [5.74, 6) is 0.321. The Morgan fingerprint density at radius 2 is 1.67 bits per heavy atom. The lowest BCUT2D eigenvalue weighted by Crippen LogP contribution is -1.90. The summed E-state index contributed by atoms with van der Waals surface area (Å²) >= 11 is 0. The second-order valence-corrected chi connectivity index (χ2v) is 3.66. The molecule has 0 spiro atoms. The number of phenolic OH excluding ortho intramolecular Hbond substituents is 1. The van der Waals surface area contributed by atoms with Crippen LogP contribution in [-0.4, -0.2) is 16.8 Å². The zero-order valence-corrected chi connectivity index (χ0v) is 8.48. The Morgan fingerprint density at radius 3 is 2.33 bits per heavy atom. The van der Waals surface area contributed by atoms with Crippen molar-refractivity contribution in [1.82, 2.24) is 0 Å². The minimum Gasteiger partial charge on any atom is -0.508 e. The van der Waals surface area contributed by atoms with Gasteiger partial charge in [-0.1, -0.05) is 24.3 Å². The molecule has 0 saturated carbocycles. The van der Waals surface area contributed by atoms with E-state index in [0.29, 0.717) is 18.6 Å². The lowest BCUT2D eigenvalue weighted by Gasteiger charge is -2.06. The van der Waals surface area contributed by atoms with Crippen LogP contribution in [0.25, 0.3) is 10.8 Å². The highest BCUT2D eigenvalue weighted by atomic mass is 16.3. The summed E-state index contributed by atoms with van der Waals surface area (Å²) in [4.78, 5) is 0. The first kappa shape index (κ1) is 9.99. The molecule has 0 aromatic heterocycles. The van der Waals surface area contributed by atoms with Crippen LogP contribution >= 0.6 is 0 Å². The van der Waals surface area contributed by atoms with E-state index < -0.39 is 0 Å². The van der Waals surface area contributed by atoms with Gasteiger partial charge in [-0.15, -0.1) is 0 Å². The maximum atomic E-state index is 9.75. The largest absolute Gasteiger partial charge is 0.508 e. The number of aromatic hydroxyl groups is 1. The summed E-state index contributed by atoms with van der Waals surface area (Å²) in [6, 6.07) is 11.7. The van der Waals surface area contributed by atoms with E-state index in [0.717, 1.165) is 16.3 Å². The maximum Gasteiger partial charge on any atom is 0.119 e. The number of rotatable bonds is 3. The molecular formula is C13H14O2. The Morgan fingerprint density at radius 1 is 1.00 bits per heavy atom. The third-order valence-electron chi connectivity index (χ3n) is 2.55. The molecule has 0 aliphatic heterocycles. The Labute approximate surface area is 88.8 Å². The van der Waals surface area contributed by atoms with E-state index in [1.807, 2.05) is 30.3 Å². The van der Waals surface area contributed by atoms with Crippen molar-refractivity contribution in [1.29, 1.82) is 0 Å². The SMILES string of the molecule is OCCCc1cc2ccccc2cc1O. The number of hydrogen-bond donors (Lipinski definition) is 2. The van der Waals surface area contributed by atoms with E-state index >= 15 is 0 Å². The Balaban J connectivity index is 2.43. The molecule has 0 heterocycles. The van der Waals surface area contributed by atoms with Gasteiger partial charge in [-0.25, -0.2) is 0 Å². The van der Waals surface area contributed by atoms with Gasteiger partial charge in [0.2, 0.25) is 0 Å². The Kier molecular flexibility index (Phi) is 2.88. The average molecular weight is 202 g/mol. The Bertz CT molecular complexity index is 463. The van der Waals surface area contributed by atoms with Crippen molar-refractivity contribution in [2.75, 3.05) is 6.61 Å². The number of aliphatic hydroxyl groups excluding tert-OH is 1. The smallest absolute Gasteiger partial charge is 0.119 e. The molecule has 0 saturated heterocycles. The van der Waals surface area contributed by atoms with Gasteiger partial charge in [0.1, 0.15) is 5.75 Å². The van der Waals surface area contributed by atoms with Crippen LogP contribution in [0, 0.1) is 0 Å². The number of fused-ring (bicyclic) bond motifs is 1. The normalized spacial score (nSPS) is 10.7. The molecular weight excluding hydrogens is 188 g/mol. The van der Waals surface area contributed by atoms with Crippen molar-refractivity contribution in [3.8, 4) is 5.75 Å². The first-order valence-corrected chi connectivity index (χ1v) is 5.13. The molecule has 0 aliphatic carbocycles. The molecule has 2 nitrogen and oxygen atoms in total. The van der Waals surface area contributed by atoms with Crippen LogP contribution in [0.3, 0.4) is 0 Å². The summed E-state index contributed by atoms with van der Waals surface area (Å²) in [7, 11) is 0. The van der Waals surface area contributed by atoms with Crippen LogP contribution in [-0.2, 0) is 6.42 Å². The topological polar surface area (TPSA) is 40.5 Å². The minimum absolute atomic E-state index is 0.159. The molecule has 0 bridgehead atoms. The summed E-state index contributed by atoms with van der Waals surface area (Å²) in [6.07, 6.45) is 1.40. The number of phenols is 1. The molecule has 0 aliphatic rings. The molecule has 2 aromatic rings. The van der Waals surface area contributed by atoms with Gasteiger partial charge >= 0.3 is 0 Å². The van der Waals surface area contributed by atoms with Crippen molar-refractivity contribution < 1.29 is 10.2 Å². The van der Waals surface area contributed by atoms with E-state index in [1.165, 1.54) is 0 Å². The van der Waals surface area contributed by atoms with Crippen LogP contribution in [0.1, 0.15) is 12.0 Å². The lowest BCUT2D eigenvalue weighted by molar-refractivity contribution is 0.288. The zero-order valence-electron chi connectivity index (χ0n) is 8.48. The first-order valence-electron chi connectivity index (χ1n) is 5.13. The fourth-order valence-electron chi connectivity index (χ4n) is 1.75. The molecule has 15 heavy (non-hydrogen) atoms. The predicted molar refractivity (Wildman–Crippen MR) is 61.0 cm³/mol. The first-order chi connectivity index (χ1) is 7.31. The second kappa shape index (κ2) is 4.32. The molecule has 0 atom stereocenters. The molecule has 0 fully saturated rings. The van der Waals surface area contributed by atoms with Gasteiger partial charge in [-0.3, -0.25) is 0 Å².